The average Bonchev–Trinajstić information content (AvgIpc) is 3.19. The van der Waals surface area contributed by atoms with Gasteiger partial charge in [-0.25, -0.2) is 0 Å². The van der Waals surface area contributed by atoms with Crippen LogP contribution in [0.3, 0.4) is 0 Å². The summed E-state index contributed by atoms with van der Waals surface area (Å²) in [4.78, 5) is 0. The number of hydrazone groups is 1. The number of nitrogens with zero attached hydrogens (tertiary/aromatic N) is 1. The number of rotatable bonds is 3. The highest BCUT2D eigenvalue weighted by Gasteiger charge is 2.21. The quantitative estimate of drug-likeness (QED) is 0.517. The molecule has 0 saturated heterocycles. The van der Waals surface area contributed by atoms with Gasteiger partial charge in [-0.1, -0.05) is 18.2 Å². The van der Waals surface area contributed by atoms with Crippen molar-refractivity contribution in [3.63, 3.8) is 0 Å². The van der Waals surface area contributed by atoms with Crippen LogP contribution in [0.1, 0.15) is 31.1 Å². The summed E-state index contributed by atoms with van der Waals surface area (Å²) in [5, 5.41) is 9.18. The Bertz CT molecular complexity index is 685. The summed E-state index contributed by atoms with van der Waals surface area (Å²) in [7, 11) is 0. The molecule has 1 aliphatic rings. The van der Waals surface area contributed by atoms with Gasteiger partial charge in [0.2, 0.25) is 0 Å². The van der Waals surface area contributed by atoms with Crippen LogP contribution in [-0.2, 0) is 0 Å². The zero-order valence-corrected chi connectivity index (χ0v) is 12.4. The fourth-order valence-electron chi connectivity index (χ4n) is 2.15. The lowest BCUT2D eigenvalue weighted by molar-refractivity contribution is 0.600. The SMILES string of the molecule is CC(=NNC(=S)NC1CC1)c1oc2ccccc2c1C. The van der Waals surface area contributed by atoms with Crippen LogP contribution in [0.15, 0.2) is 33.8 Å². The van der Waals surface area contributed by atoms with Crippen molar-refractivity contribution in [2.45, 2.75) is 32.7 Å². The van der Waals surface area contributed by atoms with Crippen molar-refractivity contribution in [1.82, 2.24) is 10.7 Å². The van der Waals surface area contributed by atoms with E-state index >= 15 is 0 Å². The third kappa shape index (κ3) is 2.67. The number of nitrogens with one attached hydrogen (secondary N) is 2. The molecule has 1 fully saturated rings. The number of fused-ring (bicyclic) bond motifs is 1. The molecule has 104 valence electrons. The van der Waals surface area contributed by atoms with Crippen molar-refractivity contribution >= 4 is 34.0 Å². The molecule has 0 bridgehead atoms. The number of benzene rings is 1. The molecule has 3 rings (SSSR count). The van der Waals surface area contributed by atoms with Crippen molar-refractivity contribution in [2.75, 3.05) is 0 Å². The minimum Gasteiger partial charge on any atom is -0.454 e. The average molecular weight is 287 g/mol. The Hall–Kier alpha value is -1.88. The maximum Gasteiger partial charge on any atom is 0.187 e. The van der Waals surface area contributed by atoms with Gasteiger partial charge in [-0.3, -0.25) is 5.43 Å². The molecular weight excluding hydrogens is 270 g/mol. The monoisotopic (exact) mass is 287 g/mol. The first-order valence-corrected chi connectivity index (χ1v) is 7.15. The van der Waals surface area contributed by atoms with Gasteiger partial charge >= 0.3 is 0 Å². The molecule has 0 spiro atoms. The van der Waals surface area contributed by atoms with E-state index in [1.165, 1.54) is 12.8 Å². The van der Waals surface area contributed by atoms with Crippen LogP contribution >= 0.6 is 12.2 Å². The van der Waals surface area contributed by atoms with Gasteiger partial charge in [0.05, 0.1) is 0 Å². The number of hydrogen-bond acceptors (Lipinski definition) is 3. The molecule has 20 heavy (non-hydrogen) atoms. The molecule has 4 nitrogen and oxygen atoms in total. The highest BCUT2D eigenvalue weighted by Crippen LogP contribution is 2.25. The summed E-state index contributed by atoms with van der Waals surface area (Å²) < 4.78 is 5.85. The van der Waals surface area contributed by atoms with Crippen molar-refractivity contribution < 1.29 is 4.42 Å². The normalized spacial score (nSPS) is 15.4. The second kappa shape index (κ2) is 5.25. The van der Waals surface area contributed by atoms with E-state index in [1.807, 2.05) is 32.0 Å². The topological polar surface area (TPSA) is 49.6 Å². The van der Waals surface area contributed by atoms with E-state index in [9.17, 15) is 0 Å². The molecule has 5 heteroatoms. The zero-order valence-electron chi connectivity index (χ0n) is 11.6. The van der Waals surface area contributed by atoms with Gasteiger partial charge in [0, 0.05) is 17.0 Å². The Balaban J connectivity index is 1.78. The lowest BCUT2D eigenvalue weighted by atomic mass is 10.1. The van der Waals surface area contributed by atoms with Crippen LogP contribution in [0.4, 0.5) is 0 Å². The second-order valence-electron chi connectivity index (χ2n) is 5.11. The number of hydrogen-bond donors (Lipinski definition) is 2. The fraction of sp³-hybridized carbons (Fsp3) is 0.333. The molecule has 0 atom stereocenters. The van der Waals surface area contributed by atoms with Gasteiger partial charge in [-0.2, -0.15) is 5.10 Å². The van der Waals surface area contributed by atoms with E-state index in [2.05, 4.69) is 21.9 Å². The smallest absolute Gasteiger partial charge is 0.187 e. The molecule has 2 N–H and O–H groups in total. The molecule has 2 aromatic rings. The van der Waals surface area contributed by atoms with Gasteiger partial charge in [0.25, 0.3) is 0 Å². The highest BCUT2D eigenvalue weighted by molar-refractivity contribution is 7.80. The van der Waals surface area contributed by atoms with E-state index in [4.69, 9.17) is 16.6 Å². The van der Waals surface area contributed by atoms with Crippen LogP contribution in [0.2, 0.25) is 0 Å². The molecular formula is C15H17N3OS. The first-order chi connectivity index (χ1) is 9.65. The lowest BCUT2D eigenvalue weighted by Gasteiger charge is -2.05. The van der Waals surface area contributed by atoms with Gasteiger partial charge < -0.3 is 9.73 Å². The molecule has 0 unspecified atom stereocenters. The molecule has 1 aromatic heterocycles. The first kappa shape index (κ1) is 13.1. The van der Waals surface area contributed by atoms with Crippen molar-refractivity contribution in [2.24, 2.45) is 5.10 Å². The highest BCUT2D eigenvalue weighted by atomic mass is 32.1. The minimum absolute atomic E-state index is 0.526. The maximum absolute atomic E-state index is 5.85. The van der Waals surface area contributed by atoms with Crippen LogP contribution in [0, 0.1) is 6.92 Å². The number of para-hydroxylation sites is 1. The molecule has 1 heterocycles. The molecule has 1 aromatic carbocycles. The summed E-state index contributed by atoms with van der Waals surface area (Å²) in [6.07, 6.45) is 2.38. The van der Waals surface area contributed by atoms with Crippen LogP contribution in [0.5, 0.6) is 0 Å². The number of aryl methyl sites for hydroxylation is 1. The Labute approximate surface area is 123 Å². The Morgan fingerprint density at radius 1 is 1.35 bits per heavy atom. The standard InChI is InChI=1S/C15H17N3OS/c1-9-12-5-3-4-6-13(12)19-14(9)10(2)17-18-15(20)16-11-7-8-11/h3-6,11H,7-8H2,1-2H3,(H2,16,18,20). The van der Waals surface area contributed by atoms with Crippen molar-refractivity contribution in [1.29, 1.82) is 0 Å². The van der Waals surface area contributed by atoms with Gasteiger partial charge in [0.15, 0.2) is 10.9 Å². The van der Waals surface area contributed by atoms with Crippen LogP contribution < -0.4 is 10.7 Å². The van der Waals surface area contributed by atoms with E-state index in [0.29, 0.717) is 11.2 Å². The summed E-state index contributed by atoms with van der Waals surface area (Å²) in [5.41, 5.74) is 5.65. The second-order valence-corrected chi connectivity index (χ2v) is 5.52. The first-order valence-electron chi connectivity index (χ1n) is 6.74. The Morgan fingerprint density at radius 2 is 2.10 bits per heavy atom. The van der Waals surface area contributed by atoms with Gasteiger partial charge in [0.1, 0.15) is 11.3 Å². The summed E-state index contributed by atoms with van der Waals surface area (Å²) in [5.74, 6) is 0.799. The van der Waals surface area contributed by atoms with E-state index in [-0.39, 0.29) is 0 Å². The van der Waals surface area contributed by atoms with Gasteiger partial charge in [-0.05, 0) is 45.0 Å². The molecule has 1 saturated carbocycles. The number of thiocarbonyl (C=S) groups is 1. The third-order valence-corrected chi connectivity index (χ3v) is 3.62. The van der Waals surface area contributed by atoms with Crippen molar-refractivity contribution in [3.05, 3.63) is 35.6 Å². The molecule has 1 aliphatic carbocycles. The lowest BCUT2D eigenvalue weighted by Crippen LogP contribution is -2.34. The maximum atomic E-state index is 5.85. The fourth-order valence-corrected chi connectivity index (χ4v) is 2.36. The third-order valence-electron chi connectivity index (χ3n) is 3.41. The molecule has 0 amide bonds. The predicted octanol–water partition coefficient (Wildman–Crippen LogP) is 3.09. The molecule has 0 radical (unpaired) electrons. The number of furan rings is 1. The van der Waals surface area contributed by atoms with E-state index in [1.54, 1.807) is 0 Å². The summed E-state index contributed by atoms with van der Waals surface area (Å²) in [6, 6.07) is 8.52. The predicted molar refractivity (Wildman–Crippen MR) is 85.1 cm³/mol. The minimum atomic E-state index is 0.526. The van der Waals surface area contributed by atoms with Crippen LogP contribution in [0.25, 0.3) is 11.0 Å². The van der Waals surface area contributed by atoms with Crippen LogP contribution in [-0.4, -0.2) is 16.9 Å². The van der Waals surface area contributed by atoms with Crippen molar-refractivity contribution in [3.8, 4) is 0 Å². The summed E-state index contributed by atoms with van der Waals surface area (Å²) >= 11 is 5.18. The zero-order chi connectivity index (χ0) is 14.1. The largest absolute Gasteiger partial charge is 0.454 e. The van der Waals surface area contributed by atoms with E-state index in [0.717, 1.165) is 28.0 Å². The van der Waals surface area contributed by atoms with E-state index < -0.39 is 0 Å². The van der Waals surface area contributed by atoms with Gasteiger partial charge in [-0.15, -0.1) is 0 Å². The Kier molecular flexibility index (Phi) is 3.44. The molecule has 0 aliphatic heterocycles. The Morgan fingerprint density at radius 3 is 2.80 bits per heavy atom. The summed E-state index contributed by atoms with van der Waals surface area (Å²) in [6.45, 7) is 3.96.